The Morgan fingerprint density at radius 3 is 1.48 bits per heavy atom. The Balaban J connectivity index is 0.000000244. The van der Waals surface area contributed by atoms with E-state index in [2.05, 4.69) is 0 Å². The average molecular weight is 411 g/mol. The summed E-state index contributed by atoms with van der Waals surface area (Å²) in [7, 11) is -8.71. The van der Waals surface area contributed by atoms with Gasteiger partial charge in [0.15, 0.2) is 0 Å². The Morgan fingerprint density at radius 2 is 1.15 bits per heavy atom. The van der Waals surface area contributed by atoms with Crippen molar-refractivity contribution in [3.63, 3.8) is 0 Å². The van der Waals surface area contributed by atoms with Gasteiger partial charge >= 0.3 is 0 Å². The van der Waals surface area contributed by atoms with Gasteiger partial charge in [0.1, 0.15) is 0 Å². The molecule has 3 rings (SSSR count). The van der Waals surface area contributed by atoms with E-state index in [1.807, 2.05) is 0 Å². The second-order valence-electron chi connectivity index (χ2n) is 5.21. The zero-order valence-electron chi connectivity index (χ0n) is 13.5. The predicted molar refractivity (Wildman–Crippen MR) is 96.7 cm³/mol. The average Bonchev–Trinajstić information content (AvgIpc) is 2.60. The van der Waals surface area contributed by atoms with Crippen molar-refractivity contribution in [3.8, 4) is 0 Å². The number of hydrogen-bond donors (Lipinski definition) is 2. The number of fused-ring (bicyclic) bond motifs is 1. The molecule has 0 aliphatic heterocycles. The zero-order chi connectivity index (χ0) is 20.2. The summed E-state index contributed by atoms with van der Waals surface area (Å²) in [6.45, 7) is 0. The zero-order valence-corrected chi connectivity index (χ0v) is 15.1. The van der Waals surface area contributed by atoms with Crippen LogP contribution in [-0.4, -0.2) is 30.9 Å². The highest BCUT2D eigenvalue weighted by molar-refractivity contribution is 7.86. The molecular formula is C16H13NO8S2. The third-order valence-corrected chi connectivity index (χ3v) is 5.05. The van der Waals surface area contributed by atoms with Crippen LogP contribution in [0.25, 0.3) is 10.8 Å². The Morgan fingerprint density at radius 1 is 0.704 bits per heavy atom. The van der Waals surface area contributed by atoms with Gasteiger partial charge in [-0.15, -0.1) is 0 Å². The monoisotopic (exact) mass is 411 g/mol. The van der Waals surface area contributed by atoms with Crippen LogP contribution < -0.4 is 0 Å². The molecular weight excluding hydrogens is 398 g/mol. The van der Waals surface area contributed by atoms with Crippen LogP contribution in [-0.2, 0) is 20.2 Å². The van der Waals surface area contributed by atoms with Gasteiger partial charge in [-0.25, -0.2) is 0 Å². The Kier molecular flexibility index (Phi) is 5.91. The van der Waals surface area contributed by atoms with Gasteiger partial charge in [-0.1, -0.05) is 30.3 Å². The number of non-ortho nitro benzene ring substituents is 1. The minimum absolute atomic E-state index is 0.137. The number of benzene rings is 3. The maximum Gasteiger partial charge on any atom is 0.294 e. The van der Waals surface area contributed by atoms with E-state index in [0.717, 1.165) is 12.1 Å². The molecule has 0 fully saturated rings. The second-order valence-corrected chi connectivity index (χ2v) is 8.06. The maximum atomic E-state index is 10.9. The lowest BCUT2D eigenvalue weighted by molar-refractivity contribution is -0.384. The third-order valence-electron chi connectivity index (χ3n) is 3.35. The van der Waals surface area contributed by atoms with Crippen molar-refractivity contribution >= 4 is 36.7 Å². The van der Waals surface area contributed by atoms with Gasteiger partial charge in [-0.05, 0) is 35.0 Å². The van der Waals surface area contributed by atoms with Crippen LogP contribution in [0.2, 0.25) is 0 Å². The van der Waals surface area contributed by atoms with Gasteiger partial charge in [0, 0.05) is 12.1 Å². The highest BCUT2D eigenvalue weighted by Gasteiger charge is 2.13. The first-order valence-corrected chi connectivity index (χ1v) is 10.0. The molecule has 0 bridgehead atoms. The molecule has 3 aromatic carbocycles. The number of nitrogens with zero attached hydrogens (tertiary/aromatic N) is 1. The predicted octanol–water partition coefficient (Wildman–Crippen LogP) is 2.93. The highest BCUT2D eigenvalue weighted by atomic mass is 32.2. The lowest BCUT2D eigenvalue weighted by Gasteiger charge is -2.03. The highest BCUT2D eigenvalue weighted by Crippen LogP contribution is 2.22. The molecule has 9 nitrogen and oxygen atoms in total. The minimum Gasteiger partial charge on any atom is -0.282 e. The lowest BCUT2D eigenvalue weighted by atomic mass is 10.1. The van der Waals surface area contributed by atoms with Crippen molar-refractivity contribution in [1.29, 1.82) is 0 Å². The van der Waals surface area contributed by atoms with Crippen molar-refractivity contribution in [3.05, 3.63) is 76.8 Å². The van der Waals surface area contributed by atoms with Crippen LogP contribution in [0.3, 0.4) is 0 Å². The summed E-state index contributed by atoms with van der Waals surface area (Å²) in [5, 5.41) is 10.9. The smallest absolute Gasteiger partial charge is 0.282 e. The van der Waals surface area contributed by atoms with E-state index >= 15 is 0 Å². The van der Waals surface area contributed by atoms with E-state index in [-0.39, 0.29) is 20.9 Å². The van der Waals surface area contributed by atoms with Crippen molar-refractivity contribution in [2.24, 2.45) is 0 Å². The van der Waals surface area contributed by atoms with E-state index in [0.29, 0.717) is 5.39 Å². The second kappa shape index (κ2) is 7.80. The molecule has 11 heteroatoms. The van der Waals surface area contributed by atoms with Crippen LogP contribution in [0.5, 0.6) is 0 Å². The Bertz CT molecular complexity index is 1120. The largest absolute Gasteiger partial charge is 0.294 e. The fourth-order valence-corrected chi connectivity index (χ4v) is 3.11. The van der Waals surface area contributed by atoms with Crippen LogP contribution in [0.4, 0.5) is 5.69 Å². The van der Waals surface area contributed by atoms with Crippen molar-refractivity contribution < 1.29 is 30.9 Å². The van der Waals surface area contributed by atoms with E-state index in [9.17, 15) is 26.9 Å². The molecule has 0 aliphatic rings. The number of rotatable bonds is 3. The van der Waals surface area contributed by atoms with Crippen LogP contribution >= 0.6 is 0 Å². The quantitative estimate of drug-likeness (QED) is 0.379. The van der Waals surface area contributed by atoms with Crippen molar-refractivity contribution in [1.82, 2.24) is 0 Å². The third kappa shape index (κ3) is 5.56. The van der Waals surface area contributed by atoms with E-state index in [1.165, 1.54) is 36.4 Å². The summed E-state index contributed by atoms with van der Waals surface area (Å²) in [6, 6.07) is 15.4. The maximum absolute atomic E-state index is 10.9. The van der Waals surface area contributed by atoms with Gasteiger partial charge < -0.3 is 0 Å². The van der Waals surface area contributed by atoms with Gasteiger partial charge in [0.05, 0.1) is 14.7 Å². The fraction of sp³-hybridized carbons (Fsp3) is 0. The summed E-state index contributed by atoms with van der Waals surface area (Å²) in [6.07, 6.45) is 0. The summed E-state index contributed by atoms with van der Waals surface area (Å²) < 4.78 is 61.5. The minimum atomic E-state index is -4.35. The first-order valence-electron chi connectivity index (χ1n) is 7.17. The van der Waals surface area contributed by atoms with Gasteiger partial charge in [-0.2, -0.15) is 16.8 Å². The normalized spacial score (nSPS) is 11.5. The number of para-hydroxylation sites is 1. The Hall–Kier alpha value is -2.86. The van der Waals surface area contributed by atoms with Gasteiger partial charge in [0.2, 0.25) is 0 Å². The summed E-state index contributed by atoms with van der Waals surface area (Å²) in [5.74, 6) is 0. The SMILES string of the molecule is O=S(=O)(O)c1ccc2ccc(S(=O)(=O)O)cc2c1.O=[N+]([O-])c1ccccc1. The molecule has 0 spiro atoms. The molecule has 3 aromatic rings. The van der Waals surface area contributed by atoms with Crippen LogP contribution in [0.1, 0.15) is 0 Å². The standard InChI is InChI=1S/C10H8O6S2.C6H5NO2/c11-17(12,13)9-3-1-7-2-4-10(18(14,15)16)6-8(7)5-9;8-7(9)6-4-2-1-3-5-6/h1-6H,(H,11,12,13)(H,14,15,16);1-5H. The molecule has 0 unspecified atom stereocenters. The van der Waals surface area contributed by atoms with E-state index in [4.69, 9.17) is 9.11 Å². The number of hydrogen-bond acceptors (Lipinski definition) is 6. The Labute approximate surface area is 154 Å². The van der Waals surface area contributed by atoms with E-state index < -0.39 is 25.2 Å². The molecule has 0 atom stereocenters. The van der Waals surface area contributed by atoms with Gasteiger partial charge in [0.25, 0.3) is 25.9 Å². The lowest BCUT2D eigenvalue weighted by Crippen LogP contribution is -1.99. The first-order chi connectivity index (χ1) is 12.5. The fourth-order valence-electron chi connectivity index (χ4n) is 2.07. The molecule has 0 heterocycles. The molecule has 142 valence electrons. The van der Waals surface area contributed by atoms with Crippen molar-refractivity contribution in [2.75, 3.05) is 0 Å². The molecule has 0 aliphatic carbocycles. The summed E-state index contributed by atoms with van der Waals surface area (Å²) in [5.41, 5.74) is 0.137. The molecule has 0 amide bonds. The molecule has 27 heavy (non-hydrogen) atoms. The van der Waals surface area contributed by atoms with Gasteiger partial charge in [-0.3, -0.25) is 19.2 Å². The molecule has 0 aromatic heterocycles. The summed E-state index contributed by atoms with van der Waals surface area (Å²) in [4.78, 5) is 8.90. The number of nitro benzene ring substituents is 1. The van der Waals surface area contributed by atoms with Crippen molar-refractivity contribution in [2.45, 2.75) is 9.79 Å². The summed E-state index contributed by atoms with van der Waals surface area (Å²) >= 11 is 0. The number of nitro groups is 1. The molecule has 2 N–H and O–H groups in total. The molecule has 0 saturated heterocycles. The molecule has 0 radical (unpaired) electrons. The van der Waals surface area contributed by atoms with E-state index in [1.54, 1.807) is 18.2 Å². The first kappa shape index (κ1) is 20.5. The van der Waals surface area contributed by atoms with Crippen LogP contribution in [0.15, 0.2) is 76.5 Å². The topological polar surface area (TPSA) is 152 Å². The van der Waals surface area contributed by atoms with Crippen LogP contribution in [0, 0.1) is 10.1 Å². The molecule has 0 saturated carbocycles.